The first-order chi connectivity index (χ1) is 18.2. The SMILES string of the molecule is CC1c2cccc(O)c2C(=O)C2=C(O)[C@]3(O)C(=O)C(C(N)=O)=C(O)[C@@H](N(C)C)[C@@H]3[C@@H](OC(=O)CCC(=O)O)[C@@H]21. The molecule has 0 aromatic heterocycles. The van der Waals surface area contributed by atoms with E-state index in [2.05, 4.69) is 0 Å². The first kappa shape index (κ1) is 27.8. The maximum absolute atomic E-state index is 13.7. The summed E-state index contributed by atoms with van der Waals surface area (Å²) in [5, 5.41) is 53.8. The highest BCUT2D eigenvalue weighted by Crippen LogP contribution is 2.56. The monoisotopic (exact) mass is 544 g/mol. The molecule has 1 aromatic carbocycles. The predicted octanol–water partition coefficient (Wildman–Crippen LogP) is 0.0681. The molecule has 0 fully saturated rings. The number of likely N-dealkylation sites (N-methyl/N-ethyl adjacent to an activating group) is 1. The third-order valence-corrected chi connectivity index (χ3v) is 7.78. The quantitative estimate of drug-likeness (QED) is 0.207. The number of rotatable bonds is 6. The topological polar surface area (TPSA) is 225 Å². The van der Waals surface area contributed by atoms with Crippen LogP contribution in [0.4, 0.5) is 0 Å². The van der Waals surface area contributed by atoms with Crippen molar-refractivity contribution in [2.24, 2.45) is 17.6 Å². The zero-order valence-electron chi connectivity index (χ0n) is 21.2. The number of Topliss-reactive ketones (excluding diaryl/α,β-unsaturated/α-hetero) is 2. The molecule has 7 N–H and O–H groups in total. The Balaban J connectivity index is 2.04. The minimum atomic E-state index is -3.06. The van der Waals surface area contributed by atoms with Gasteiger partial charge in [-0.05, 0) is 31.6 Å². The Hall–Kier alpha value is -4.23. The third kappa shape index (κ3) is 3.96. The highest BCUT2D eigenvalue weighted by atomic mass is 16.5. The molecule has 0 saturated heterocycles. The van der Waals surface area contributed by atoms with E-state index in [0.29, 0.717) is 5.56 Å². The van der Waals surface area contributed by atoms with Crippen LogP contribution in [0.25, 0.3) is 0 Å². The van der Waals surface area contributed by atoms with Gasteiger partial charge in [0.05, 0.1) is 30.4 Å². The van der Waals surface area contributed by atoms with Crippen molar-refractivity contribution in [3.63, 3.8) is 0 Å². The molecule has 0 bridgehead atoms. The van der Waals surface area contributed by atoms with Crippen LogP contribution in [0.3, 0.4) is 0 Å². The Kier molecular flexibility index (Phi) is 6.77. The van der Waals surface area contributed by atoms with E-state index in [9.17, 15) is 44.4 Å². The summed E-state index contributed by atoms with van der Waals surface area (Å²) < 4.78 is 5.68. The first-order valence-corrected chi connectivity index (χ1v) is 12.0. The molecule has 0 spiro atoms. The minimum Gasteiger partial charge on any atom is -0.510 e. The molecule has 1 unspecified atom stereocenters. The van der Waals surface area contributed by atoms with Crippen LogP contribution >= 0.6 is 0 Å². The van der Waals surface area contributed by atoms with Gasteiger partial charge in [-0.15, -0.1) is 0 Å². The number of ether oxygens (including phenoxy) is 1. The number of nitrogens with two attached hydrogens (primary N) is 1. The summed E-state index contributed by atoms with van der Waals surface area (Å²) in [6.45, 7) is 1.62. The van der Waals surface area contributed by atoms with E-state index >= 15 is 0 Å². The first-order valence-electron chi connectivity index (χ1n) is 12.0. The lowest BCUT2D eigenvalue weighted by Gasteiger charge is -2.54. The van der Waals surface area contributed by atoms with Gasteiger partial charge < -0.3 is 36.0 Å². The number of phenolic OH excluding ortho intramolecular Hbond substituents is 1. The zero-order chi connectivity index (χ0) is 29.1. The summed E-state index contributed by atoms with van der Waals surface area (Å²) in [5.41, 5.74) is 0.884. The fraction of sp³-hybridized carbons (Fsp3) is 0.423. The van der Waals surface area contributed by atoms with Gasteiger partial charge in [0.1, 0.15) is 28.9 Å². The van der Waals surface area contributed by atoms with Gasteiger partial charge in [0.2, 0.25) is 5.78 Å². The highest BCUT2D eigenvalue weighted by Gasteiger charge is 2.68. The number of aliphatic hydroxyl groups is 3. The molecule has 208 valence electrons. The van der Waals surface area contributed by atoms with Crippen LogP contribution < -0.4 is 5.73 Å². The van der Waals surface area contributed by atoms with Crippen LogP contribution in [-0.4, -0.2) is 91.7 Å². The van der Waals surface area contributed by atoms with E-state index in [-0.39, 0.29) is 5.56 Å². The number of benzene rings is 1. The number of amides is 1. The molecule has 13 nitrogen and oxygen atoms in total. The maximum atomic E-state index is 13.7. The van der Waals surface area contributed by atoms with Gasteiger partial charge in [0, 0.05) is 11.5 Å². The number of carbonyl (C=O) groups is 5. The van der Waals surface area contributed by atoms with Crippen molar-refractivity contribution in [2.75, 3.05) is 14.1 Å². The third-order valence-electron chi connectivity index (χ3n) is 7.78. The van der Waals surface area contributed by atoms with E-state index in [0.717, 1.165) is 0 Å². The summed E-state index contributed by atoms with van der Waals surface area (Å²) in [7, 11) is 2.86. The number of carboxylic acid groups (broad SMARTS) is 1. The Morgan fingerprint density at radius 2 is 1.74 bits per heavy atom. The van der Waals surface area contributed by atoms with Gasteiger partial charge >= 0.3 is 11.9 Å². The average Bonchev–Trinajstić information content (AvgIpc) is 2.84. The molecule has 3 aliphatic rings. The predicted molar refractivity (Wildman–Crippen MR) is 131 cm³/mol. The summed E-state index contributed by atoms with van der Waals surface area (Å²) in [6, 6.07) is 2.85. The number of carboxylic acids is 1. The molecular formula is C26H28N2O11. The van der Waals surface area contributed by atoms with Crippen molar-refractivity contribution >= 4 is 29.4 Å². The van der Waals surface area contributed by atoms with Gasteiger partial charge in [-0.2, -0.15) is 0 Å². The lowest BCUT2D eigenvalue weighted by Crippen LogP contribution is -2.69. The number of esters is 1. The van der Waals surface area contributed by atoms with Crippen molar-refractivity contribution in [2.45, 2.75) is 43.4 Å². The number of fused-ring (bicyclic) bond motifs is 3. The number of phenols is 1. The van der Waals surface area contributed by atoms with E-state index in [1.165, 1.54) is 31.1 Å². The fourth-order valence-electron chi connectivity index (χ4n) is 6.11. The molecule has 4 rings (SSSR count). The Morgan fingerprint density at radius 3 is 2.31 bits per heavy atom. The molecule has 6 atom stereocenters. The molecule has 1 amide bonds. The van der Waals surface area contributed by atoms with Gasteiger partial charge in [-0.1, -0.05) is 19.1 Å². The second kappa shape index (κ2) is 9.50. The molecule has 0 heterocycles. The number of hydrogen-bond acceptors (Lipinski definition) is 11. The van der Waals surface area contributed by atoms with Gasteiger partial charge in [-0.25, -0.2) is 0 Å². The van der Waals surface area contributed by atoms with Crippen LogP contribution in [0.1, 0.15) is 41.6 Å². The van der Waals surface area contributed by atoms with Gasteiger partial charge in [0.25, 0.3) is 5.91 Å². The fourth-order valence-corrected chi connectivity index (χ4v) is 6.11. The number of ketones is 2. The second-order valence-corrected chi connectivity index (χ2v) is 10.1. The average molecular weight is 545 g/mol. The smallest absolute Gasteiger partial charge is 0.306 e. The van der Waals surface area contributed by atoms with Crippen molar-refractivity contribution in [3.8, 4) is 5.75 Å². The molecular weight excluding hydrogens is 516 g/mol. The summed E-state index contributed by atoms with van der Waals surface area (Å²) in [5.74, 6) is -12.2. The molecule has 1 aromatic rings. The molecule has 3 aliphatic carbocycles. The number of aliphatic hydroxyl groups excluding tert-OH is 2. The van der Waals surface area contributed by atoms with Crippen LogP contribution in [-0.2, 0) is 23.9 Å². The highest BCUT2D eigenvalue weighted by molar-refractivity contribution is 6.25. The number of aliphatic carboxylic acids is 1. The van der Waals surface area contributed by atoms with E-state index in [1.54, 1.807) is 13.0 Å². The number of primary amides is 1. The van der Waals surface area contributed by atoms with Crippen molar-refractivity contribution in [1.29, 1.82) is 0 Å². The summed E-state index contributed by atoms with van der Waals surface area (Å²) in [6.07, 6.45) is -2.79. The molecule has 0 aliphatic heterocycles. The number of hydrogen-bond donors (Lipinski definition) is 6. The van der Waals surface area contributed by atoms with Gasteiger partial charge in [-0.3, -0.25) is 28.9 Å². The largest absolute Gasteiger partial charge is 0.510 e. The van der Waals surface area contributed by atoms with Crippen molar-refractivity contribution < 1.29 is 54.2 Å². The van der Waals surface area contributed by atoms with Crippen molar-refractivity contribution in [1.82, 2.24) is 4.90 Å². The van der Waals surface area contributed by atoms with Crippen LogP contribution in [0.5, 0.6) is 5.75 Å². The van der Waals surface area contributed by atoms with Crippen molar-refractivity contribution in [3.05, 3.63) is 52.0 Å². The number of carbonyl (C=O) groups excluding carboxylic acids is 4. The number of nitrogens with zero attached hydrogens (tertiary/aromatic N) is 1. The molecule has 0 saturated carbocycles. The Labute approximate surface area is 221 Å². The van der Waals surface area contributed by atoms with Crippen LogP contribution in [0.2, 0.25) is 0 Å². The molecule has 0 radical (unpaired) electrons. The minimum absolute atomic E-state index is 0.193. The lowest BCUT2D eigenvalue weighted by atomic mass is 9.55. The van der Waals surface area contributed by atoms with E-state index in [1.807, 2.05) is 0 Å². The second-order valence-electron chi connectivity index (χ2n) is 10.1. The van der Waals surface area contributed by atoms with Gasteiger partial charge in [0.15, 0.2) is 11.4 Å². The summed E-state index contributed by atoms with van der Waals surface area (Å²) >= 11 is 0. The van der Waals surface area contributed by atoms with Crippen LogP contribution in [0.15, 0.2) is 40.9 Å². The van der Waals surface area contributed by atoms with Crippen LogP contribution in [0, 0.1) is 11.8 Å². The lowest BCUT2D eigenvalue weighted by molar-refractivity contribution is -0.181. The number of aromatic hydroxyl groups is 1. The molecule has 13 heteroatoms. The summed E-state index contributed by atoms with van der Waals surface area (Å²) in [4.78, 5) is 64.7. The van der Waals surface area contributed by atoms with E-state index in [4.69, 9.17) is 15.6 Å². The molecule has 39 heavy (non-hydrogen) atoms. The maximum Gasteiger partial charge on any atom is 0.306 e. The zero-order valence-corrected chi connectivity index (χ0v) is 21.2. The standard InChI is InChI=1S/C26H28N2O11/c1-9-10-5-4-6-11(29)15(10)20(33)16-14(9)22(39-13(32)8-7-12(30)31)18-19(28(2)3)21(34)17(25(27)37)24(36)26(18,38)23(16)35/h4-6,9,14,18-19,22,29,34-35,38H,7-8H2,1-3H3,(H2,27,37)(H,30,31)/t9?,14-,18-,19+,22+,26+/m1/s1. The normalized spacial score (nSPS) is 30.0. The Bertz CT molecular complexity index is 1380. The Morgan fingerprint density at radius 1 is 1.10 bits per heavy atom. The van der Waals surface area contributed by atoms with E-state index < -0.39 is 106 Å².